The Hall–Kier alpha value is -0.0800. The van der Waals surface area contributed by atoms with Gasteiger partial charge < -0.3 is 10.0 Å². The first kappa shape index (κ1) is 14.9. The Morgan fingerprint density at radius 1 is 1.13 bits per heavy atom. The van der Waals surface area contributed by atoms with Crippen LogP contribution in [0.2, 0.25) is 0 Å². The van der Waals surface area contributed by atoms with Gasteiger partial charge in [0.2, 0.25) is 0 Å². The van der Waals surface area contributed by atoms with E-state index in [1.165, 1.54) is 6.42 Å². The number of aliphatic hydroxyl groups is 1. The van der Waals surface area contributed by atoms with E-state index in [0.29, 0.717) is 0 Å². The molecule has 0 aliphatic carbocycles. The van der Waals surface area contributed by atoms with E-state index < -0.39 is 5.60 Å². The van der Waals surface area contributed by atoms with Crippen LogP contribution in [0.3, 0.4) is 0 Å². The van der Waals surface area contributed by atoms with E-state index in [1.807, 2.05) is 0 Å². The van der Waals surface area contributed by atoms with Gasteiger partial charge in [-0.3, -0.25) is 0 Å². The smallest absolute Gasteiger partial charge is 0.0768 e. The molecule has 0 saturated carbocycles. The van der Waals surface area contributed by atoms with E-state index >= 15 is 0 Å². The van der Waals surface area contributed by atoms with Crippen LogP contribution in [-0.4, -0.2) is 35.2 Å². The molecule has 0 rings (SSSR count). The second-order valence-electron chi connectivity index (χ2n) is 4.77. The summed E-state index contributed by atoms with van der Waals surface area (Å²) in [5.74, 6) is 0.725. The van der Waals surface area contributed by atoms with Gasteiger partial charge in [0.25, 0.3) is 0 Å². The molecule has 0 bridgehead atoms. The minimum Gasteiger partial charge on any atom is -0.389 e. The van der Waals surface area contributed by atoms with E-state index in [1.54, 1.807) is 0 Å². The van der Waals surface area contributed by atoms with Crippen LogP contribution in [0.5, 0.6) is 0 Å². The molecule has 1 N–H and O–H groups in total. The monoisotopic (exact) mass is 215 g/mol. The molecular formula is C13H29NO. The fourth-order valence-corrected chi connectivity index (χ4v) is 1.77. The molecule has 0 aliphatic rings. The van der Waals surface area contributed by atoms with Crippen molar-refractivity contribution in [1.82, 2.24) is 4.90 Å². The maximum Gasteiger partial charge on any atom is 0.0768 e. The predicted octanol–water partition coefficient (Wildman–Crippen LogP) is 2.91. The summed E-state index contributed by atoms with van der Waals surface area (Å²) in [5.41, 5.74) is -0.483. The Bertz CT molecular complexity index is 155. The predicted molar refractivity (Wildman–Crippen MR) is 67.1 cm³/mol. The fraction of sp³-hybridized carbons (Fsp3) is 1.00. The Kier molecular flexibility index (Phi) is 7.20. The summed E-state index contributed by atoms with van der Waals surface area (Å²) in [7, 11) is 0. The lowest BCUT2D eigenvalue weighted by molar-refractivity contribution is -0.00525. The molecule has 0 aromatic carbocycles. The van der Waals surface area contributed by atoms with E-state index in [2.05, 4.69) is 39.5 Å². The van der Waals surface area contributed by atoms with Crippen LogP contribution in [0.4, 0.5) is 0 Å². The summed E-state index contributed by atoms with van der Waals surface area (Å²) in [6, 6.07) is 0. The quantitative estimate of drug-likeness (QED) is 0.673. The first-order chi connectivity index (χ1) is 7.01. The largest absolute Gasteiger partial charge is 0.389 e. The van der Waals surface area contributed by atoms with Crippen molar-refractivity contribution in [2.45, 2.75) is 59.5 Å². The van der Waals surface area contributed by atoms with Crippen LogP contribution in [0.25, 0.3) is 0 Å². The van der Waals surface area contributed by atoms with E-state index in [-0.39, 0.29) is 0 Å². The van der Waals surface area contributed by atoms with Crippen molar-refractivity contribution in [2.24, 2.45) is 5.92 Å². The van der Waals surface area contributed by atoms with Crippen molar-refractivity contribution in [1.29, 1.82) is 0 Å². The van der Waals surface area contributed by atoms with Crippen molar-refractivity contribution >= 4 is 0 Å². The zero-order valence-corrected chi connectivity index (χ0v) is 11.2. The van der Waals surface area contributed by atoms with Gasteiger partial charge in [-0.15, -0.1) is 0 Å². The third-order valence-corrected chi connectivity index (χ3v) is 3.55. The van der Waals surface area contributed by atoms with Crippen LogP contribution in [0, 0.1) is 5.92 Å². The third kappa shape index (κ3) is 5.53. The maximum absolute atomic E-state index is 10.3. The molecule has 0 saturated heterocycles. The molecule has 2 heteroatoms. The molecule has 15 heavy (non-hydrogen) atoms. The molecule has 0 aromatic heterocycles. The van der Waals surface area contributed by atoms with Gasteiger partial charge in [0, 0.05) is 13.1 Å². The lowest BCUT2D eigenvalue weighted by atomic mass is 9.96. The summed E-state index contributed by atoms with van der Waals surface area (Å²) < 4.78 is 0. The minimum absolute atomic E-state index is 0.483. The Morgan fingerprint density at radius 3 is 2.00 bits per heavy atom. The number of hydrogen-bond acceptors (Lipinski definition) is 2. The maximum atomic E-state index is 10.3. The molecular weight excluding hydrogens is 186 g/mol. The van der Waals surface area contributed by atoms with Crippen LogP contribution in [0.1, 0.15) is 53.9 Å². The Labute approximate surface area is 95.7 Å². The van der Waals surface area contributed by atoms with Crippen LogP contribution in [0.15, 0.2) is 0 Å². The third-order valence-electron chi connectivity index (χ3n) is 3.55. The second-order valence-corrected chi connectivity index (χ2v) is 4.77. The summed E-state index contributed by atoms with van der Waals surface area (Å²) in [4.78, 5) is 2.38. The molecule has 0 fully saturated rings. The van der Waals surface area contributed by atoms with Crippen LogP contribution in [-0.2, 0) is 0 Å². The molecule has 92 valence electrons. The summed E-state index contributed by atoms with van der Waals surface area (Å²) >= 11 is 0. The van der Waals surface area contributed by atoms with Gasteiger partial charge in [0.05, 0.1) is 5.60 Å². The van der Waals surface area contributed by atoms with Crippen molar-refractivity contribution in [3.05, 3.63) is 0 Å². The average molecular weight is 215 g/mol. The first-order valence-corrected chi connectivity index (χ1v) is 6.46. The van der Waals surface area contributed by atoms with Gasteiger partial charge in [0.15, 0.2) is 0 Å². The molecule has 0 radical (unpaired) electrons. The van der Waals surface area contributed by atoms with Gasteiger partial charge in [-0.05, 0) is 25.3 Å². The molecule has 1 unspecified atom stereocenters. The lowest BCUT2D eigenvalue weighted by Gasteiger charge is -2.33. The zero-order valence-electron chi connectivity index (χ0n) is 11.2. The van der Waals surface area contributed by atoms with Crippen molar-refractivity contribution in [2.75, 3.05) is 19.6 Å². The summed E-state index contributed by atoms with van der Waals surface area (Å²) in [5, 5.41) is 10.3. The van der Waals surface area contributed by atoms with Crippen LogP contribution < -0.4 is 0 Å². The minimum atomic E-state index is -0.483. The SMILES string of the molecule is CCC(C)CN(CC)CC(O)(CC)CC. The van der Waals surface area contributed by atoms with E-state index in [4.69, 9.17) is 0 Å². The highest BCUT2D eigenvalue weighted by molar-refractivity contribution is 4.79. The summed E-state index contributed by atoms with van der Waals surface area (Å²) in [6.07, 6.45) is 2.91. The topological polar surface area (TPSA) is 23.5 Å². The Morgan fingerprint density at radius 2 is 1.67 bits per heavy atom. The highest BCUT2D eigenvalue weighted by Gasteiger charge is 2.25. The van der Waals surface area contributed by atoms with Gasteiger partial charge in [-0.2, -0.15) is 0 Å². The van der Waals surface area contributed by atoms with Gasteiger partial charge >= 0.3 is 0 Å². The number of likely N-dealkylation sites (N-methyl/N-ethyl adjacent to an activating group) is 1. The normalized spacial score (nSPS) is 14.6. The highest BCUT2D eigenvalue weighted by Crippen LogP contribution is 2.17. The van der Waals surface area contributed by atoms with Crippen molar-refractivity contribution < 1.29 is 5.11 Å². The van der Waals surface area contributed by atoms with Gasteiger partial charge in [-0.25, -0.2) is 0 Å². The number of nitrogens with zero attached hydrogens (tertiary/aromatic N) is 1. The number of rotatable bonds is 8. The molecule has 0 aromatic rings. The average Bonchev–Trinajstić information content (AvgIpc) is 2.27. The fourth-order valence-electron chi connectivity index (χ4n) is 1.77. The van der Waals surface area contributed by atoms with Gasteiger partial charge in [0.1, 0.15) is 0 Å². The zero-order chi connectivity index (χ0) is 11.9. The van der Waals surface area contributed by atoms with Crippen molar-refractivity contribution in [3.8, 4) is 0 Å². The molecule has 0 aliphatic heterocycles. The van der Waals surface area contributed by atoms with Crippen LogP contribution >= 0.6 is 0 Å². The molecule has 1 atom stereocenters. The number of hydrogen-bond donors (Lipinski definition) is 1. The van der Waals surface area contributed by atoms with E-state index in [0.717, 1.165) is 38.4 Å². The molecule has 2 nitrogen and oxygen atoms in total. The first-order valence-electron chi connectivity index (χ1n) is 6.46. The van der Waals surface area contributed by atoms with Crippen molar-refractivity contribution in [3.63, 3.8) is 0 Å². The molecule has 0 heterocycles. The molecule has 0 amide bonds. The van der Waals surface area contributed by atoms with Gasteiger partial charge in [-0.1, -0.05) is 41.0 Å². The highest BCUT2D eigenvalue weighted by atomic mass is 16.3. The van der Waals surface area contributed by atoms with E-state index in [9.17, 15) is 5.11 Å². The standard InChI is InChI=1S/C13H29NO/c1-6-12(5)10-14(9-4)11-13(15,7-2)8-3/h12,15H,6-11H2,1-5H3. The second kappa shape index (κ2) is 7.24. The molecule has 0 spiro atoms. The Balaban J connectivity index is 4.18. The lowest BCUT2D eigenvalue weighted by Crippen LogP contribution is -2.43. The summed E-state index contributed by atoms with van der Waals surface area (Å²) in [6.45, 7) is 13.8.